The zero-order chi connectivity index (χ0) is 12.3. The van der Waals surface area contributed by atoms with Gasteiger partial charge in [-0.15, -0.1) is 11.6 Å². The molecule has 1 aromatic carbocycles. The fourth-order valence-corrected chi connectivity index (χ4v) is 3.34. The summed E-state index contributed by atoms with van der Waals surface area (Å²) in [6.45, 7) is 4.67. The number of hydrogen-bond acceptors (Lipinski definition) is 1. The van der Waals surface area contributed by atoms with E-state index in [-0.39, 0.29) is 0 Å². The molecule has 0 aromatic heterocycles. The van der Waals surface area contributed by atoms with Gasteiger partial charge < -0.3 is 4.90 Å². The number of piperidine rings is 1. The van der Waals surface area contributed by atoms with E-state index in [4.69, 9.17) is 11.6 Å². The number of rotatable bonds is 3. The number of benzene rings is 1. The third-order valence-corrected chi connectivity index (χ3v) is 4.76. The highest BCUT2D eigenvalue weighted by molar-refractivity contribution is 9.10. The van der Waals surface area contributed by atoms with Gasteiger partial charge in [-0.1, -0.05) is 35.3 Å². The third kappa shape index (κ3) is 3.17. The molecule has 0 saturated carbocycles. The van der Waals surface area contributed by atoms with Gasteiger partial charge in [0.1, 0.15) is 0 Å². The van der Waals surface area contributed by atoms with Crippen molar-refractivity contribution in [3.63, 3.8) is 0 Å². The lowest BCUT2D eigenvalue weighted by molar-refractivity contribution is 0.395. The molecule has 1 aliphatic heterocycles. The van der Waals surface area contributed by atoms with Crippen LogP contribution in [0.4, 0.5) is 5.69 Å². The summed E-state index contributed by atoms with van der Waals surface area (Å²) in [4.78, 5) is 2.48. The van der Waals surface area contributed by atoms with Crippen molar-refractivity contribution < 1.29 is 0 Å². The van der Waals surface area contributed by atoms with Crippen molar-refractivity contribution >= 4 is 33.2 Å². The third-order valence-electron chi connectivity index (χ3n) is 3.74. The number of halogens is 2. The van der Waals surface area contributed by atoms with Crippen LogP contribution in [0.25, 0.3) is 0 Å². The molecule has 0 aliphatic carbocycles. The Labute approximate surface area is 117 Å². The zero-order valence-electron chi connectivity index (χ0n) is 10.3. The topological polar surface area (TPSA) is 3.24 Å². The van der Waals surface area contributed by atoms with E-state index in [1.807, 2.05) is 0 Å². The maximum atomic E-state index is 5.86. The van der Waals surface area contributed by atoms with E-state index in [1.54, 1.807) is 0 Å². The van der Waals surface area contributed by atoms with Crippen LogP contribution in [0.15, 0.2) is 22.7 Å². The van der Waals surface area contributed by atoms with Crippen LogP contribution in [0.1, 0.15) is 31.7 Å². The molecule has 0 spiro atoms. The van der Waals surface area contributed by atoms with Gasteiger partial charge in [-0.25, -0.2) is 0 Å². The molecule has 0 amide bonds. The van der Waals surface area contributed by atoms with Crippen LogP contribution in [0, 0.1) is 5.92 Å². The van der Waals surface area contributed by atoms with Crippen LogP contribution in [0.5, 0.6) is 0 Å². The van der Waals surface area contributed by atoms with Crippen LogP contribution in [0.3, 0.4) is 0 Å². The van der Waals surface area contributed by atoms with Crippen molar-refractivity contribution in [3.8, 4) is 0 Å². The monoisotopic (exact) mass is 315 g/mol. The van der Waals surface area contributed by atoms with Gasteiger partial charge >= 0.3 is 0 Å². The Kier molecular flexibility index (Phi) is 4.75. The summed E-state index contributed by atoms with van der Waals surface area (Å²) in [7, 11) is 0. The van der Waals surface area contributed by atoms with E-state index in [1.165, 1.54) is 43.6 Å². The molecule has 0 bridgehead atoms. The van der Waals surface area contributed by atoms with E-state index >= 15 is 0 Å². The second-order valence-electron chi connectivity index (χ2n) is 4.75. The van der Waals surface area contributed by atoms with Gasteiger partial charge in [0.25, 0.3) is 0 Å². The molecule has 3 heteroatoms. The highest BCUT2D eigenvalue weighted by Crippen LogP contribution is 2.29. The molecule has 1 fully saturated rings. The Morgan fingerprint density at radius 1 is 1.35 bits per heavy atom. The molecule has 1 nitrogen and oxygen atoms in total. The Bertz CT molecular complexity index is 372. The van der Waals surface area contributed by atoms with Crippen molar-refractivity contribution in [2.24, 2.45) is 5.92 Å². The van der Waals surface area contributed by atoms with E-state index in [9.17, 15) is 0 Å². The van der Waals surface area contributed by atoms with E-state index < -0.39 is 0 Å². The lowest BCUT2D eigenvalue weighted by Crippen LogP contribution is -2.33. The number of hydrogen-bond donors (Lipinski definition) is 0. The molecular formula is C14H19BrClN. The normalized spacial score (nSPS) is 17.5. The summed E-state index contributed by atoms with van der Waals surface area (Å²) in [5.74, 6) is 1.50. The van der Waals surface area contributed by atoms with Crippen molar-refractivity contribution in [1.29, 1.82) is 0 Å². The van der Waals surface area contributed by atoms with Crippen LogP contribution in [0.2, 0.25) is 0 Å². The maximum absolute atomic E-state index is 5.86. The van der Waals surface area contributed by atoms with Crippen molar-refractivity contribution in [1.82, 2.24) is 0 Å². The summed E-state index contributed by atoms with van der Waals surface area (Å²) in [6.07, 6.45) is 3.97. The summed E-state index contributed by atoms with van der Waals surface area (Å²) in [6, 6.07) is 6.51. The first kappa shape index (κ1) is 13.2. The van der Waals surface area contributed by atoms with Gasteiger partial charge in [-0.3, -0.25) is 0 Å². The first-order chi connectivity index (χ1) is 8.24. The van der Waals surface area contributed by atoms with Crippen molar-refractivity contribution in [2.45, 2.75) is 32.1 Å². The SMILES string of the molecule is CCC1CCN(c2ccc(CCl)c(Br)c2)CC1. The van der Waals surface area contributed by atoms with Gasteiger partial charge in [0.2, 0.25) is 0 Å². The molecule has 1 heterocycles. The Morgan fingerprint density at radius 2 is 2.06 bits per heavy atom. The second kappa shape index (κ2) is 6.10. The fourth-order valence-electron chi connectivity index (χ4n) is 2.44. The van der Waals surface area contributed by atoms with Gasteiger partial charge in [0, 0.05) is 29.1 Å². The second-order valence-corrected chi connectivity index (χ2v) is 5.87. The first-order valence-electron chi connectivity index (χ1n) is 6.34. The Morgan fingerprint density at radius 3 is 2.59 bits per heavy atom. The quantitative estimate of drug-likeness (QED) is 0.723. The molecule has 1 aliphatic rings. The minimum atomic E-state index is 0.568. The molecular weight excluding hydrogens is 298 g/mol. The lowest BCUT2D eigenvalue weighted by atomic mass is 9.94. The predicted octanol–water partition coefficient (Wildman–Crippen LogP) is 4.81. The van der Waals surface area contributed by atoms with Gasteiger partial charge in [0.05, 0.1) is 0 Å². The van der Waals surface area contributed by atoms with E-state index in [0.717, 1.165) is 10.4 Å². The average Bonchev–Trinajstić information content (AvgIpc) is 2.39. The summed E-state index contributed by atoms with van der Waals surface area (Å²) in [5, 5.41) is 0. The standard InChI is InChI=1S/C14H19BrClN/c1-2-11-5-7-17(8-6-11)13-4-3-12(10-16)14(15)9-13/h3-4,9,11H,2,5-8,10H2,1H3. The van der Waals surface area contributed by atoms with E-state index in [0.29, 0.717) is 5.88 Å². The zero-order valence-corrected chi connectivity index (χ0v) is 12.6. The van der Waals surface area contributed by atoms with Gasteiger partial charge in [-0.2, -0.15) is 0 Å². The molecule has 0 radical (unpaired) electrons. The molecule has 1 aromatic rings. The van der Waals surface area contributed by atoms with E-state index in [2.05, 4.69) is 46.0 Å². The predicted molar refractivity (Wildman–Crippen MR) is 78.9 cm³/mol. The fraction of sp³-hybridized carbons (Fsp3) is 0.571. The average molecular weight is 317 g/mol. The summed E-state index contributed by atoms with van der Waals surface area (Å²) in [5.41, 5.74) is 2.49. The molecule has 1 saturated heterocycles. The maximum Gasteiger partial charge on any atom is 0.0485 e. The van der Waals surface area contributed by atoms with Crippen LogP contribution in [-0.2, 0) is 5.88 Å². The lowest BCUT2D eigenvalue weighted by Gasteiger charge is -2.33. The highest BCUT2D eigenvalue weighted by Gasteiger charge is 2.18. The van der Waals surface area contributed by atoms with Crippen LogP contribution >= 0.6 is 27.5 Å². The van der Waals surface area contributed by atoms with Gasteiger partial charge in [-0.05, 0) is 36.5 Å². The highest BCUT2D eigenvalue weighted by atomic mass is 79.9. The van der Waals surface area contributed by atoms with Crippen molar-refractivity contribution in [2.75, 3.05) is 18.0 Å². The van der Waals surface area contributed by atoms with Crippen LogP contribution in [-0.4, -0.2) is 13.1 Å². The summed E-state index contributed by atoms with van der Waals surface area (Å²) >= 11 is 9.45. The Balaban J connectivity index is 2.06. The molecule has 17 heavy (non-hydrogen) atoms. The molecule has 0 atom stereocenters. The molecule has 2 rings (SSSR count). The molecule has 0 N–H and O–H groups in total. The minimum Gasteiger partial charge on any atom is -0.371 e. The van der Waals surface area contributed by atoms with Crippen molar-refractivity contribution in [3.05, 3.63) is 28.2 Å². The minimum absolute atomic E-state index is 0.568. The number of alkyl halides is 1. The van der Waals surface area contributed by atoms with Gasteiger partial charge in [0.15, 0.2) is 0 Å². The molecule has 94 valence electrons. The largest absolute Gasteiger partial charge is 0.371 e. The summed E-state index contributed by atoms with van der Waals surface area (Å²) < 4.78 is 1.13. The number of nitrogens with zero attached hydrogens (tertiary/aromatic N) is 1. The smallest absolute Gasteiger partial charge is 0.0485 e. The Hall–Kier alpha value is -0.210. The first-order valence-corrected chi connectivity index (χ1v) is 7.66. The van der Waals surface area contributed by atoms with Crippen LogP contribution < -0.4 is 4.90 Å². The number of anilines is 1. The molecule has 0 unspecified atom stereocenters.